The van der Waals surface area contributed by atoms with Gasteiger partial charge in [-0.2, -0.15) is 0 Å². The molecule has 0 radical (unpaired) electrons. The molecule has 0 saturated heterocycles. The number of carboxylic acids is 1. The van der Waals surface area contributed by atoms with Crippen molar-refractivity contribution in [3.63, 3.8) is 0 Å². The van der Waals surface area contributed by atoms with E-state index in [9.17, 15) is 4.79 Å². The van der Waals surface area contributed by atoms with Crippen molar-refractivity contribution in [1.82, 2.24) is 0 Å². The van der Waals surface area contributed by atoms with E-state index in [4.69, 9.17) is 10.8 Å². The molecule has 1 rings (SSSR count). The van der Waals surface area contributed by atoms with Crippen LogP contribution in [0.1, 0.15) is 11.1 Å². The van der Waals surface area contributed by atoms with E-state index in [2.05, 4.69) is 0 Å². The molecular formula is C10H11NO2. The Morgan fingerprint density at radius 3 is 2.77 bits per heavy atom. The molecule has 0 aromatic heterocycles. The zero-order valence-corrected chi connectivity index (χ0v) is 7.10. The summed E-state index contributed by atoms with van der Waals surface area (Å²) >= 11 is 0. The Kier molecular flexibility index (Phi) is 3.23. The monoisotopic (exact) mass is 177 g/mol. The number of hydrogen-bond donors (Lipinski definition) is 2. The molecule has 3 nitrogen and oxygen atoms in total. The second-order valence-electron chi connectivity index (χ2n) is 2.57. The molecule has 0 amide bonds. The van der Waals surface area contributed by atoms with Gasteiger partial charge in [-0.15, -0.1) is 0 Å². The van der Waals surface area contributed by atoms with Gasteiger partial charge in [-0.1, -0.05) is 24.3 Å². The predicted octanol–water partition coefficient (Wildman–Crippen LogP) is 1.24. The quantitative estimate of drug-likeness (QED) is 0.683. The fraction of sp³-hybridized carbons (Fsp3) is 0.100. The summed E-state index contributed by atoms with van der Waals surface area (Å²) in [7, 11) is 0. The van der Waals surface area contributed by atoms with Crippen LogP contribution in [0.25, 0.3) is 6.08 Å². The average molecular weight is 177 g/mol. The highest BCUT2D eigenvalue weighted by Gasteiger charge is 1.95. The normalized spacial score (nSPS) is 10.5. The molecule has 0 aliphatic heterocycles. The maximum absolute atomic E-state index is 10.3. The number of nitrogens with two attached hydrogens (primary N) is 1. The van der Waals surface area contributed by atoms with Crippen LogP contribution in [0.2, 0.25) is 0 Å². The molecule has 13 heavy (non-hydrogen) atoms. The van der Waals surface area contributed by atoms with Gasteiger partial charge >= 0.3 is 5.97 Å². The SMILES string of the molecule is NCc1ccccc1C=CC(=O)O. The molecule has 0 spiro atoms. The molecule has 0 bridgehead atoms. The smallest absolute Gasteiger partial charge is 0.328 e. The standard InChI is InChI=1S/C10H11NO2/c11-7-9-4-2-1-3-8(9)5-6-10(12)13/h1-6H,7,11H2,(H,12,13). The molecule has 0 saturated carbocycles. The van der Waals surface area contributed by atoms with Crippen LogP contribution < -0.4 is 5.73 Å². The fourth-order valence-electron chi connectivity index (χ4n) is 1.04. The van der Waals surface area contributed by atoms with E-state index in [1.54, 1.807) is 6.08 Å². The van der Waals surface area contributed by atoms with Crippen LogP contribution in [0.4, 0.5) is 0 Å². The zero-order chi connectivity index (χ0) is 9.68. The first kappa shape index (κ1) is 9.48. The number of carboxylic acid groups (broad SMARTS) is 1. The molecular weight excluding hydrogens is 166 g/mol. The topological polar surface area (TPSA) is 63.3 Å². The van der Waals surface area contributed by atoms with Gasteiger partial charge in [0.15, 0.2) is 0 Å². The van der Waals surface area contributed by atoms with E-state index < -0.39 is 5.97 Å². The van der Waals surface area contributed by atoms with E-state index in [-0.39, 0.29) is 0 Å². The van der Waals surface area contributed by atoms with Gasteiger partial charge < -0.3 is 10.8 Å². The molecule has 0 fully saturated rings. The van der Waals surface area contributed by atoms with E-state index in [0.717, 1.165) is 17.2 Å². The molecule has 0 unspecified atom stereocenters. The lowest BCUT2D eigenvalue weighted by atomic mass is 10.1. The van der Waals surface area contributed by atoms with Crippen molar-refractivity contribution in [1.29, 1.82) is 0 Å². The van der Waals surface area contributed by atoms with Crippen LogP contribution >= 0.6 is 0 Å². The second kappa shape index (κ2) is 4.42. The van der Waals surface area contributed by atoms with Crippen molar-refractivity contribution in [2.24, 2.45) is 5.73 Å². The Bertz CT molecular complexity index is 331. The number of benzene rings is 1. The summed E-state index contributed by atoms with van der Waals surface area (Å²) < 4.78 is 0. The van der Waals surface area contributed by atoms with Gasteiger partial charge in [0.05, 0.1) is 0 Å². The Balaban J connectivity index is 2.93. The summed E-state index contributed by atoms with van der Waals surface area (Å²) in [6.45, 7) is 0.417. The maximum Gasteiger partial charge on any atom is 0.328 e. The van der Waals surface area contributed by atoms with Crippen LogP contribution in [0.15, 0.2) is 30.3 Å². The average Bonchev–Trinajstić information content (AvgIpc) is 2.15. The molecule has 68 valence electrons. The van der Waals surface area contributed by atoms with Crippen LogP contribution in [0, 0.1) is 0 Å². The Hall–Kier alpha value is -1.61. The summed E-state index contributed by atoms with van der Waals surface area (Å²) in [5.74, 6) is -0.952. The molecule has 1 aromatic carbocycles. The highest BCUT2D eigenvalue weighted by atomic mass is 16.4. The summed E-state index contributed by atoms with van der Waals surface area (Å²) in [6.07, 6.45) is 2.65. The van der Waals surface area contributed by atoms with Crippen LogP contribution in [0.3, 0.4) is 0 Å². The van der Waals surface area contributed by atoms with Gasteiger partial charge in [0.25, 0.3) is 0 Å². The summed E-state index contributed by atoms with van der Waals surface area (Å²) in [4.78, 5) is 10.3. The summed E-state index contributed by atoms with van der Waals surface area (Å²) in [5, 5.41) is 8.42. The van der Waals surface area contributed by atoms with Crippen LogP contribution in [0.5, 0.6) is 0 Å². The molecule has 0 heterocycles. The van der Waals surface area contributed by atoms with Crippen LogP contribution in [-0.4, -0.2) is 11.1 Å². The van der Waals surface area contributed by atoms with Crippen molar-refractivity contribution in [2.75, 3.05) is 0 Å². The van der Waals surface area contributed by atoms with Gasteiger partial charge in [0, 0.05) is 12.6 Å². The fourth-order valence-corrected chi connectivity index (χ4v) is 1.04. The lowest BCUT2D eigenvalue weighted by Crippen LogP contribution is -1.98. The first-order valence-corrected chi connectivity index (χ1v) is 3.93. The molecule has 0 aliphatic carbocycles. The highest BCUT2D eigenvalue weighted by Crippen LogP contribution is 2.09. The third-order valence-electron chi connectivity index (χ3n) is 1.68. The van der Waals surface area contributed by atoms with Crippen molar-refractivity contribution in [3.8, 4) is 0 Å². The van der Waals surface area contributed by atoms with Crippen LogP contribution in [-0.2, 0) is 11.3 Å². The Morgan fingerprint density at radius 1 is 1.46 bits per heavy atom. The van der Waals surface area contributed by atoms with Crippen molar-refractivity contribution in [3.05, 3.63) is 41.5 Å². The van der Waals surface area contributed by atoms with Gasteiger partial charge in [-0.3, -0.25) is 0 Å². The van der Waals surface area contributed by atoms with Crippen molar-refractivity contribution < 1.29 is 9.90 Å². The molecule has 1 aromatic rings. The molecule has 3 N–H and O–H groups in total. The zero-order valence-electron chi connectivity index (χ0n) is 7.10. The second-order valence-corrected chi connectivity index (χ2v) is 2.57. The van der Waals surface area contributed by atoms with Gasteiger partial charge in [0.2, 0.25) is 0 Å². The van der Waals surface area contributed by atoms with Crippen molar-refractivity contribution >= 4 is 12.0 Å². The van der Waals surface area contributed by atoms with E-state index >= 15 is 0 Å². The van der Waals surface area contributed by atoms with Crippen molar-refractivity contribution in [2.45, 2.75) is 6.54 Å². The number of aliphatic carboxylic acids is 1. The van der Waals surface area contributed by atoms with Gasteiger partial charge in [0.1, 0.15) is 0 Å². The number of hydrogen-bond acceptors (Lipinski definition) is 2. The minimum atomic E-state index is -0.952. The molecule has 0 atom stereocenters. The van der Waals surface area contributed by atoms with E-state index in [0.29, 0.717) is 6.54 Å². The lowest BCUT2D eigenvalue weighted by Gasteiger charge is -2.00. The minimum Gasteiger partial charge on any atom is -0.478 e. The largest absolute Gasteiger partial charge is 0.478 e. The highest BCUT2D eigenvalue weighted by molar-refractivity contribution is 5.85. The third kappa shape index (κ3) is 2.72. The maximum atomic E-state index is 10.3. The predicted molar refractivity (Wildman–Crippen MR) is 51.0 cm³/mol. The van der Waals surface area contributed by atoms with E-state index in [1.807, 2.05) is 24.3 Å². The first-order valence-electron chi connectivity index (χ1n) is 3.93. The summed E-state index contributed by atoms with van der Waals surface area (Å²) in [6, 6.07) is 7.43. The van der Waals surface area contributed by atoms with Gasteiger partial charge in [-0.25, -0.2) is 4.79 Å². The third-order valence-corrected chi connectivity index (χ3v) is 1.68. The minimum absolute atomic E-state index is 0.417. The number of carbonyl (C=O) groups is 1. The first-order chi connectivity index (χ1) is 6.24. The molecule has 3 heteroatoms. The van der Waals surface area contributed by atoms with Gasteiger partial charge in [-0.05, 0) is 17.2 Å². The lowest BCUT2D eigenvalue weighted by molar-refractivity contribution is -0.131. The number of rotatable bonds is 3. The Morgan fingerprint density at radius 2 is 2.15 bits per heavy atom. The van der Waals surface area contributed by atoms with E-state index in [1.165, 1.54) is 0 Å². The molecule has 0 aliphatic rings. The Labute approximate surface area is 76.5 Å². The summed E-state index contributed by atoms with van der Waals surface area (Å²) in [5.41, 5.74) is 7.27.